The summed E-state index contributed by atoms with van der Waals surface area (Å²) in [4.78, 5) is 12.8. The van der Waals surface area contributed by atoms with Crippen LogP contribution in [0.1, 0.15) is 36.7 Å². The maximum atomic E-state index is 12.8. The summed E-state index contributed by atoms with van der Waals surface area (Å²) in [6.45, 7) is 7.12. The van der Waals surface area contributed by atoms with Crippen LogP contribution >= 0.6 is 11.8 Å². The molecule has 2 aromatic heterocycles. The number of nitrogens with one attached hydrogen (secondary N) is 1. The molecule has 2 atom stereocenters. The van der Waals surface area contributed by atoms with Crippen LogP contribution in [0.25, 0.3) is 11.4 Å². The summed E-state index contributed by atoms with van der Waals surface area (Å²) >= 11 is 1.42. The van der Waals surface area contributed by atoms with Crippen LogP contribution in [-0.4, -0.2) is 32.5 Å². The fourth-order valence-electron chi connectivity index (χ4n) is 3.61. The third-order valence-electron chi connectivity index (χ3n) is 5.60. The van der Waals surface area contributed by atoms with E-state index in [9.17, 15) is 4.79 Å². The number of furan rings is 1. The van der Waals surface area contributed by atoms with Gasteiger partial charge >= 0.3 is 0 Å². The highest BCUT2D eigenvalue weighted by molar-refractivity contribution is 8.00. The van der Waals surface area contributed by atoms with Crippen molar-refractivity contribution in [3.05, 3.63) is 89.9 Å². The van der Waals surface area contributed by atoms with Crippen molar-refractivity contribution in [1.29, 1.82) is 0 Å². The van der Waals surface area contributed by atoms with Crippen molar-refractivity contribution in [3.63, 3.8) is 0 Å². The topological polar surface area (TPSA) is 72.9 Å². The average molecular weight is 461 g/mol. The van der Waals surface area contributed by atoms with Crippen molar-refractivity contribution in [3.8, 4) is 11.4 Å². The van der Waals surface area contributed by atoms with Gasteiger partial charge in [-0.05, 0) is 37.0 Å². The molecule has 0 saturated carbocycles. The summed E-state index contributed by atoms with van der Waals surface area (Å²) < 4.78 is 7.54. The van der Waals surface area contributed by atoms with Crippen LogP contribution in [0.2, 0.25) is 0 Å². The Kier molecular flexibility index (Phi) is 7.29. The molecule has 0 aliphatic carbocycles. The zero-order chi connectivity index (χ0) is 23.2. The first-order chi connectivity index (χ1) is 16.0. The number of aryl methyl sites for hydroxylation is 1. The minimum absolute atomic E-state index is 0.0157. The summed E-state index contributed by atoms with van der Waals surface area (Å²) in [7, 11) is 0. The van der Waals surface area contributed by atoms with Crippen molar-refractivity contribution in [2.45, 2.75) is 43.6 Å². The predicted octanol–water partition coefficient (Wildman–Crippen LogP) is 5.30. The minimum Gasteiger partial charge on any atom is -0.469 e. The van der Waals surface area contributed by atoms with Gasteiger partial charge in [0.05, 0.1) is 23.6 Å². The first-order valence-electron chi connectivity index (χ1n) is 11.0. The molecule has 4 aromatic rings. The number of benzene rings is 2. The zero-order valence-corrected chi connectivity index (χ0v) is 19.9. The Morgan fingerprint density at radius 2 is 1.73 bits per heavy atom. The fourth-order valence-corrected chi connectivity index (χ4v) is 4.48. The number of hydrogen-bond acceptors (Lipinski definition) is 5. The molecule has 0 fully saturated rings. The number of aromatic nitrogens is 3. The van der Waals surface area contributed by atoms with Crippen molar-refractivity contribution < 1.29 is 9.21 Å². The predicted molar refractivity (Wildman–Crippen MR) is 131 cm³/mol. The van der Waals surface area contributed by atoms with E-state index in [4.69, 9.17) is 4.42 Å². The molecule has 0 radical (unpaired) electrons. The minimum atomic E-state index is -0.315. The van der Waals surface area contributed by atoms with E-state index in [2.05, 4.69) is 46.7 Å². The number of hydrogen-bond donors (Lipinski definition) is 1. The molecule has 2 heterocycles. The van der Waals surface area contributed by atoms with Crippen molar-refractivity contribution in [2.24, 2.45) is 0 Å². The van der Waals surface area contributed by atoms with Crippen molar-refractivity contribution in [1.82, 2.24) is 20.1 Å². The summed E-state index contributed by atoms with van der Waals surface area (Å²) in [6.07, 6.45) is 1.66. The molecule has 0 aliphatic heterocycles. The summed E-state index contributed by atoms with van der Waals surface area (Å²) in [6, 6.07) is 22.3. The highest BCUT2D eigenvalue weighted by Gasteiger charge is 2.22. The van der Waals surface area contributed by atoms with Crippen LogP contribution < -0.4 is 5.32 Å². The second kappa shape index (κ2) is 10.5. The normalized spacial score (nSPS) is 12.9. The smallest absolute Gasteiger partial charge is 0.233 e. The molecule has 1 amide bonds. The molecular weight excluding hydrogens is 432 g/mol. The molecule has 33 heavy (non-hydrogen) atoms. The molecular formula is C26H28N4O2S. The van der Waals surface area contributed by atoms with Gasteiger partial charge in [-0.1, -0.05) is 79.3 Å². The Morgan fingerprint density at radius 3 is 2.39 bits per heavy atom. The molecule has 1 N–H and O–H groups in total. The van der Waals surface area contributed by atoms with Crippen LogP contribution in [0, 0.1) is 6.92 Å². The lowest BCUT2D eigenvalue weighted by atomic mass is 10.0. The summed E-state index contributed by atoms with van der Waals surface area (Å²) in [5.74, 6) is 1.75. The van der Waals surface area contributed by atoms with Crippen LogP contribution in [0.4, 0.5) is 0 Å². The maximum Gasteiger partial charge on any atom is 0.233 e. The molecule has 6 nitrogen and oxygen atoms in total. The Hall–Kier alpha value is -3.32. The number of amides is 1. The first-order valence-corrected chi connectivity index (χ1v) is 11.9. The van der Waals surface area contributed by atoms with E-state index < -0.39 is 0 Å². The van der Waals surface area contributed by atoms with Gasteiger partial charge in [0.2, 0.25) is 5.91 Å². The van der Waals surface area contributed by atoms with Gasteiger partial charge in [0.25, 0.3) is 0 Å². The van der Waals surface area contributed by atoms with Gasteiger partial charge in [-0.2, -0.15) is 0 Å². The van der Waals surface area contributed by atoms with Gasteiger partial charge in [0.1, 0.15) is 5.76 Å². The summed E-state index contributed by atoms with van der Waals surface area (Å²) in [5.41, 5.74) is 3.25. The lowest BCUT2D eigenvalue weighted by molar-refractivity contribution is -0.120. The molecule has 170 valence electrons. The van der Waals surface area contributed by atoms with E-state index in [-0.39, 0.29) is 17.1 Å². The van der Waals surface area contributed by atoms with Gasteiger partial charge in [0, 0.05) is 6.54 Å². The van der Waals surface area contributed by atoms with E-state index in [0.29, 0.717) is 18.2 Å². The molecule has 0 aliphatic rings. The van der Waals surface area contributed by atoms with Gasteiger partial charge in [-0.15, -0.1) is 10.2 Å². The van der Waals surface area contributed by atoms with Gasteiger partial charge in [0.15, 0.2) is 11.0 Å². The van der Waals surface area contributed by atoms with E-state index in [1.165, 1.54) is 17.3 Å². The lowest BCUT2D eigenvalue weighted by Gasteiger charge is -2.16. The average Bonchev–Trinajstić information content (AvgIpc) is 3.44. The second-order valence-electron chi connectivity index (χ2n) is 8.09. The second-order valence-corrected chi connectivity index (χ2v) is 9.39. The molecule has 0 bridgehead atoms. The SMILES string of the molecule is Cc1occc1-c1nnc(S[C@H](C)C(=O)NC[C@H](C)c2ccccc2)n1Cc1ccccc1. The Labute approximate surface area is 198 Å². The number of thioether (sulfide) groups is 1. The van der Waals surface area contributed by atoms with Crippen LogP contribution in [-0.2, 0) is 11.3 Å². The molecule has 7 heteroatoms. The molecule has 2 aromatic carbocycles. The van der Waals surface area contributed by atoms with Crippen LogP contribution in [0.5, 0.6) is 0 Å². The molecule has 0 unspecified atom stereocenters. The Morgan fingerprint density at radius 1 is 1.03 bits per heavy atom. The monoisotopic (exact) mass is 460 g/mol. The molecule has 4 rings (SSSR count). The van der Waals surface area contributed by atoms with Gasteiger partial charge in [-0.3, -0.25) is 9.36 Å². The standard InChI is InChI=1S/C26H28N4O2S/c1-18(22-12-8-5-9-13-22)16-27-25(31)20(3)33-26-29-28-24(23-14-15-32-19(23)2)30(26)17-21-10-6-4-7-11-21/h4-15,18,20H,16-17H2,1-3H3,(H,27,31)/t18-,20+/m0/s1. The van der Waals surface area contributed by atoms with E-state index in [1.807, 2.05) is 60.9 Å². The fraction of sp³-hybridized carbons (Fsp3) is 0.269. The third kappa shape index (κ3) is 5.54. The molecule has 0 saturated heterocycles. The Balaban J connectivity index is 1.49. The Bertz CT molecular complexity index is 1190. The largest absolute Gasteiger partial charge is 0.469 e. The maximum absolute atomic E-state index is 12.8. The van der Waals surface area contributed by atoms with Gasteiger partial charge < -0.3 is 9.73 Å². The number of rotatable bonds is 9. The van der Waals surface area contributed by atoms with E-state index >= 15 is 0 Å². The third-order valence-corrected chi connectivity index (χ3v) is 6.68. The van der Waals surface area contributed by atoms with E-state index in [0.717, 1.165) is 22.7 Å². The molecule has 0 spiro atoms. The lowest BCUT2D eigenvalue weighted by Crippen LogP contribution is -2.33. The summed E-state index contributed by atoms with van der Waals surface area (Å²) in [5, 5.41) is 12.3. The quantitative estimate of drug-likeness (QED) is 0.343. The number of nitrogens with zero attached hydrogens (tertiary/aromatic N) is 3. The van der Waals surface area contributed by atoms with Crippen LogP contribution in [0.15, 0.2) is 82.6 Å². The van der Waals surface area contributed by atoms with E-state index in [1.54, 1.807) is 6.26 Å². The number of carbonyl (C=O) groups excluding carboxylic acids is 1. The van der Waals surface area contributed by atoms with Crippen molar-refractivity contribution >= 4 is 17.7 Å². The number of carbonyl (C=O) groups is 1. The van der Waals surface area contributed by atoms with Crippen LogP contribution in [0.3, 0.4) is 0 Å². The first kappa shape index (κ1) is 22.9. The zero-order valence-electron chi connectivity index (χ0n) is 19.1. The highest BCUT2D eigenvalue weighted by Crippen LogP contribution is 2.30. The highest BCUT2D eigenvalue weighted by atomic mass is 32.2. The van der Waals surface area contributed by atoms with Crippen molar-refractivity contribution in [2.75, 3.05) is 6.54 Å². The van der Waals surface area contributed by atoms with Gasteiger partial charge in [-0.25, -0.2) is 0 Å².